The highest BCUT2D eigenvalue weighted by Gasteiger charge is 2.36. The van der Waals surface area contributed by atoms with Crippen molar-refractivity contribution in [2.75, 3.05) is 33.2 Å². The fourth-order valence-corrected chi connectivity index (χ4v) is 5.31. The van der Waals surface area contributed by atoms with Crippen LogP contribution in [0.1, 0.15) is 47.7 Å². The molecule has 2 fully saturated rings. The lowest BCUT2D eigenvalue weighted by Crippen LogP contribution is -2.56. The van der Waals surface area contributed by atoms with E-state index in [1.807, 2.05) is 32.2 Å². The lowest BCUT2D eigenvalue weighted by atomic mass is 9.83. The van der Waals surface area contributed by atoms with Gasteiger partial charge in [-0.05, 0) is 61.9 Å². The van der Waals surface area contributed by atoms with Gasteiger partial charge in [0.25, 0.3) is 5.91 Å². The second-order valence-electron chi connectivity index (χ2n) is 9.12. The molecular formula is C27H38IN5O. The van der Waals surface area contributed by atoms with E-state index in [1.165, 1.54) is 31.4 Å². The molecule has 4 rings (SSSR count). The number of halogens is 1. The van der Waals surface area contributed by atoms with Crippen LogP contribution in [0.3, 0.4) is 0 Å². The number of amides is 1. The number of rotatable bonds is 6. The Morgan fingerprint density at radius 3 is 2.59 bits per heavy atom. The number of likely N-dealkylation sites (tertiary alicyclic amines) is 2. The molecule has 2 unspecified atom stereocenters. The molecule has 2 saturated heterocycles. The van der Waals surface area contributed by atoms with Crippen LogP contribution in [-0.4, -0.2) is 60.9 Å². The molecular weight excluding hydrogens is 537 g/mol. The number of carbonyl (C=O) groups is 1. The van der Waals surface area contributed by atoms with Crippen molar-refractivity contribution in [2.24, 2.45) is 10.9 Å². The predicted molar refractivity (Wildman–Crippen MR) is 150 cm³/mol. The maximum Gasteiger partial charge on any atom is 0.251 e. The topological polar surface area (TPSA) is 60.0 Å². The molecule has 2 aliphatic rings. The Morgan fingerprint density at radius 1 is 1.03 bits per heavy atom. The third kappa shape index (κ3) is 6.72. The van der Waals surface area contributed by atoms with Gasteiger partial charge in [0.2, 0.25) is 0 Å². The zero-order valence-electron chi connectivity index (χ0n) is 20.4. The zero-order valence-corrected chi connectivity index (χ0v) is 22.7. The molecule has 2 heterocycles. The highest BCUT2D eigenvalue weighted by Crippen LogP contribution is 2.31. The Morgan fingerprint density at radius 2 is 1.82 bits per heavy atom. The van der Waals surface area contributed by atoms with Crippen molar-refractivity contribution < 1.29 is 4.79 Å². The molecule has 2 aliphatic heterocycles. The molecule has 0 spiro atoms. The lowest BCUT2D eigenvalue weighted by Gasteiger charge is -2.48. The van der Waals surface area contributed by atoms with Gasteiger partial charge in [0.1, 0.15) is 0 Å². The van der Waals surface area contributed by atoms with Gasteiger partial charge in [0.15, 0.2) is 5.96 Å². The maximum atomic E-state index is 12.1. The fraction of sp³-hybridized carbons (Fsp3) is 0.481. The highest BCUT2D eigenvalue weighted by molar-refractivity contribution is 14.0. The van der Waals surface area contributed by atoms with Crippen molar-refractivity contribution in [1.29, 1.82) is 0 Å². The van der Waals surface area contributed by atoms with Gasteiger partial charge < -0.3 is 15.5 Å². The average Bonchev–Trinajstić information content (AvgIpc) is 2.85. The van der Waals surface area contributed by atoms with E-state index >= 15 is 0 Å². The summed E-state index contributed by atoms with van der Waals surface area (Å²) in [5.41, 5.74) is 3.20. The summed E-state index contributed by atoms with van der Waals surface area (Å²) in [7, 11) is 1.86. The zero-order chi connectivity index (χ0) is 23.0. The van der Waals surface area contributed by atoms with Crippen molar-refractivity contribution in [1.82, 2.24) is 20.4 Å². The van der Waals surface area contributed by atoms with Crippen LogP contribution >= 0.6 is 24.0 Å². The molecule has 0 aliphatic carbocycles. The Bertz CT molecular complexity index is 951. The van der Waals surface area contributed by atoms with Gasteiger partial charge in [0, 0.05) is 51.4 Å². The molecule has 2 atom stereocenters. The largest absolute Gasteiger partial charge is 0.352 e. The van der Waals surface area contributed by atoms with E-state index in [0.29, 0.717) is 30.6 Å². The summed E-state index contributed by atoms with van der Waals surface area (Å²) in [6, 6.07) is 19.3. The van der Waals surface area contributed by atoms with Crippen molar-refractivity contribution in [3.8, 4) is 0 Å². The van der Waals surface area contributed by atoms with Gasteiger partial charge in [-0.2, -0.15) is 0 Å². The number of piperidine rings is 2. The predicted octanol–water partition coefficient (Wildman–Crippen LogP) is 4.12. The van der Waals surface area contributed by atoms with Crippen LogP contribution in [-0.2, 0) is 13.1 Å². The molecule has 0 radical (unpaired) electrons. The minimum absolute atomic E-state index is 0. The molecule has 2 aromatic rings. The number of fused-ring (bicyclic) bond motifs is 1. The van der Waals surface area contributed by atoms with Crippen molar-refractivity contribution in [3.05, 3.63) is 71.3 Å². The minimum atomic E-state index is -0.0249. The van der Waals surface area contributed by atoms with Crippen molar-refractivity contribution in [3.63, 3.8) is 0 Å². The SMILES string of the molecule is CCNC(=O)c1cccc(CNC(=NC)N2CCC3C(CCCN3Cc3ccccc3)C2)c1.I. The number of hydrogen-bond donors (Lipinski definition) is 2. The van der Waals surface area contributed by atoms with Crippen LogP contribution in [0.15, 0.2) is 59.6 Å². The third-order valence-corrected chi connectivity index (χ3v) is 6.90. The quantitative estimate of drug-likeness (QED) is 0.309. The first-order valence-electron chi connectivity index (χ1n) is 12.3. The smallest absolute Gasteiger partial charge is 0.251 e. The minimum Gasteiger partial charge on any atom is -0.352 e. The van der Waals surface area contributed by atoms with Crippen LogP contribution in [0, 0.1) is 5.92 Å². The van der Waals surface area contributed by atoms with Gasteiger partial charge in [-0.3, -0.25) is 14.7 Å². The van der Waals surface area contributed by atoms with E-state index in [0.717, 1.165) is 31.2 Å². The first kappa shape index (κ1) is 26.5. The van der Waals surface area contributed by atoms with E-state index in [1.54, 1.807) is 0 Å². The molecule has 6 nitrogen and oxygen atoms in total. The summed E-state index contributed by atoms with van der Waals surface area (Å²) in [6.45, 7) is 7.55. The molecule has 184 valence electrons. The Labute approximate surface area is 221 Å². The van der Waals surface area contributed by atoms with Gasteiger partial charge in [-0.1, -0.05) is 42.5 Å². The van der Waals surface area contributed by atoms with E-state index < -0.39 is 0 Å². The van der Waals surface area contributed by atoms with E-state index in [9.17, 15) is 4.79 Å². The molecule has 0 aromatic heterocycles. The first-order valence-corrected chi connectivity index (χ1v) is 12.3. The Hall–Kier alpha value is -2.13. The van der Waals surface area contributed by atoms with E-state index in [4.69, 9.17) is 0 Å². The summed E-state index contributed by atoms with van der Waals surface area (Å²) in [4.78, 5) is 21.8. The first-order chi connectivity index (χ1) is 16.2. The number of aliphatic imine (C=N–C) groups is 1. The molecule has 2 N–H and O–H groups in total. The number of carbonyl (C=O) groups excluding carboxylic acids is 1. The summed E-state index contributed by atoms with van der Waals surface area (Å²) in [5, 5.41) is 6.40. The van der Waals surface area contributed by atoms with E-state index in [2.05, 4.69) is 61.8 Å². The number of benzene rings is 2. The Kier molecular flexibility index (Phi) is 10.2. The summed E-state index contributed by atoms with van der Waals surface area (Å²) in [5.74, 6) is 1.61. The molecule has 0 saturated carbocycles. The van der Waals surface area contributed by atoms with Gasteiger partial charge in [-0.15, -0.1) is 24.0 Å². The summed E-state index contributed by atoms with van der Waals surface area (Å²) < 4.78 is 0. The monoisotopic (exact) mass is 575 g/mol. The number of guanidine groups is 1. The number of hydrogen-bond acceptors (Lipinski definition) is 3. The van der Waals surface area contributed by atoms with Crippen LogP contribution in [0.2, 0.25) is 0 Å². The second-order valence-corrected chi connectivity index (χ2v) is 9.12. The average molecular weight is 576 g/mol. The van der Waals surface area contributed by atoms with Crippen LogP contribution < -0.4 is 10.6 Å². The molecule has 7 heteroatoms. The number of nitrogens with zero attached hydrogens (tertiary/aromatic N) is 3. The molecule has 2 aromatic carbocycles. The molecule has 1 amide bonds. The molecule has 34 heavy (non-hydrogen) atoms. The van der Waals surface area contributed by atoms with Gasteiger partial charge in [0.05, 0.1) is 0 Å². The van der Waals surface area contributed by atoms with Gasteiger partial charge >= 0.3 is 0 Å². The standard InChI is InChI=1S/C27H37N5O.HI/c1-3-29-26(33)23-12-7-11-22(17-23)18-30-27(28-2)32-16-14-25-24(20-32)13-8-15-31(25)19-21-9-5-4-6-10-21;/h4-7,9-12,17,24-25H,3,8,13-16,18-20H2,1-2H3,(H,28,30)(H,29,33);1H. The third-order valence-electron chi connectivity index (χ3n) is 6.90. The van der Waals surface area contributed by atoms with Gasteiger partial charge in [-0.25, -0.2) is 0 Å². The number of nitrogens with one attached hydrogen (secondary N) is 2. The summed E-state index contributed by atoms with van der Waals surface area (Å²) >= 11 is 0. The van der Waals surface area contributed by atoms with Crippen LogP contribution in [0.25, 0.3) is 0 Å². The molecule has 0 bridgehead atoms. The lowest BCUT2D eigenvalue weighted by molar-refractivity contribution is 0.0372. The Balaban J connectivity index is 0.00000324. The van der Waals surface area contributed by atoms with Crippen molar-refractivity contribution in [2.45, 2.75) is 45.3 Å². The van der Waals surface area contributed by atoms with E-state index in [-0.39, 0.29) is 29.9 Å². The second kappa shape index (κ2) is 13.1. The normalized spacial score (nSPS) is 20.8. The highest BCUT2D eigenvalue weighted by atomic mass is 127. The summed E-state index contributed by atoms with van der Waals surface area (Å²) in [6.07, 6.45) is 3.73. The van der Waals surface area contributed by atoms with Crippen LogP contribution in [0.5, 0.6) is 0 Å². The van der Waals surface area contributed by atoms with Crippen LogP contribution in [0.4, 0.5) is 0 Å². The van der Waals surface area contributed by atoms with Crippen molar-refractivity contribution >= 4 is 35.8 Å². The fourth-order valence-electron chi connectivity index (χ4n) is 5.31. The maximum absolute atomic E-state index is 12.1.